The van der Waals surface area contributed by atoms with Crippen LogP contribution in [-0.4, -0.2) is 47.0 Å². The van der Waals surface area contributed by atoms with E-state index in [2.05, 4.69) is 48.5 Å². The maximum absolute atomic E-state index is 12.6. The van der Waals surface area contributed by atoms with E-state index in [4.69, 9.17) is 4.74 Å². The van der Waals surface area contributed by atoms with Crippen LogP contribution in [0.1, 0.15) is 31.0 Å². The third kappa shape index (κ3) is 4.20. The lowest BCUT2D eigenvalue weighted by Gasteiger charge is -2.20. The highest BCUT2D eigenvalue weighted by Crippen LogP contribution is 2.22. The highest BCUT2D eigenvalue weighted by Gasteiger charge is 2.19. The summed E-state index contributed by atoms with van der Waals surface area (Å²) >= 11 is 0. The number of nitrogens with one attached hydrogen (secondary N) is 1. The monoisotopic (exact) mass is 342 g/mol. The molecule has 0 unspecified atom stereocenters. The zero-order chi connectivity index (χ0) is 17.6. The number of benzene rings is 1. The number of ether oxygens (including phenoxy) is 1. The van der Waals surface area contributed by atoms with Crippen LogP contribution in [0.3, 0.4) is 0 Å². The molecule has 1 aliphatic rings. The zero-order valence-electron chi connectivity index (χ0n) is 15.0. The molecule has 0 saturated carbocycles. The lowest BCUT2D eigenvalue weighted by atomic mass is 10.2. The summed E-state index contributed by atoms with van der Waals surface area (Å²) in [5, 5.41) is 7.55. The number of amides is 2. The number of rotatable bonds is 4. The van der Waals surface area contributed by atoms with Crippen LogP contribution in [0.5, 0.6) is 0 Å². The highest BCUT2D eigenvalue weighted by molar-refractivity contribution is 5.90. The fourth-order valence-corrected chi connectivity index (χ4v) is 3.01. The van der Waals surface area contributed by atoms with Gasteiger partial charge in [0.05, 0.1) is 29.9 Å². The van der Waals surface area contributed by atoms with Crippen molar-refractivity contribution in [3.63, 3.8) is 0 Å². The van der Waals surface area contributed by atoms with Crippen molar-refractivity contribution in [3.05, 3.63) is 41.7 Å². The van der Waals surface area contributed by atoms with E-state index in [0.717, 1.165) is 49.5 Å². The lowest BCUT2D eigenvalue weighted by molar-refractivity contribution is 0.144. The first-order valence-corrected chi connectivity index (χ1v) is 8.96. The fraction of sp³-hybridized carbons (Fsp3) is 0.474. The standard InChI is InChI=1S/C19H26N4O2/c1-3-5-18-17(21-19(24)22-10-4-12-25-13-11-22)14-20-23(18)16-8-6-15(2)7-9-16/h6-9,14H,3-5,10-13H2,1-2H3,(H,21,24). The SMILES string of the molecule is CCCc1c(NC(=O)N2CCCOCC2)cnn1-c1ccc(C)cc1. The first-order chi connectivity index (χ1) is 12.2. The van der Waals surface area contributed by atoms with Crippen LogP contribution in [0.15, 0.2) is 30.5 Å². The second kappa shape index (κ2) is 8.16. The predicted molar refractivity (Wildman–Crippen MR) is 98.3 cm³/mol. The topological polar surface area (TPSA) is 59.4 Å². The van der Waals surface area contributed by atoms with Crippen molar-refractivity contribution in [2.24, 2.45) is 0 Å². The van der Waals surface area contributed by atoms with Crippen LogP contribution >= 0.6 is 0 Å². The Kier molecular flexibility index (Phi) is 5.71. The molecule has 0 radical (unpaired) electrons. The van der Waals surface area contributed by atoms with Crippen molar-refractivity contribution in [1.82, 2.24) is 14.7 Å². The van der Waals surface area contributed by atoms with Crippen LogP contribution in [0.2, 0.25) is 0 Å². The number of nitrogens with zero attached hydrogens (tertiary/aromatic N) is 3. The van der Waals surface area contributed by atoms with Crippen LogP contribution < -0.4 is 5.32 Å². The fourth-order valence-electron chi connectivity index (χ4n) is 3.01. The summed E-state index contributed by atoms with van der Waals surface area (Å²) in [6, 6.07) is 8.18. The van der Waals surface area contributed by atoms with Gasteiger partial charge in [-0.05, 0) is 31.9 Å². The van der Waals surface area contributed by atoms with E-state index in [0.29, 0.717) is 13.2 Å². The van der Waals surface area contributed by atoms with Crippen molar-refractivity contribution >= 4 is 11.7 Å². The molecule has 6 nitrogen and oxygen atoms in total. The van der Waals surface area contributed by atoms with Gasteiger partial charge < -0.3 is 15.0 Å². The van der Waals surface area contributed by atoms with Crippen molar-refractivity contribution < 1.29 is 9.53 Å². The third-order valence-electron chi connectivity index (χ3n) is 4.39. The number of aryl methyl sites for hydroxylation is 1. The molecule has 2 aromatic rings. The number of carbonyl (C=O) groups excluding carboxylic acids is 1. The van der Waals surface area contributed by atoms with Gasteiger partial charge in [-0.15, -0.1) is 0 Å². The molecule has 6 heteroatoms. The molecule has 0 spiro atoms. The summed E-state index contributed by atoms with van der Waals surface area (Å²) in [7, 11) is 0. The number of hydrogen-bond donors (Lipinski definition) is 1. The number of urea groups is 1. The Morgan fingerprint density at radius 3 is 2.80 bits per heavy atom. The molecule has 2 amide bonds. The van der Waals surface area contributed by atoms with Gasteiger partial charge in [-0.3, -0.25) is 0 Å². The minimum absolute atomic E-state index is 0.0775. The Bertz CT molecular complexity index is 701. The Balaban J connectivity index is 1.81. The maximum atomic E-state index is 12.6. The maximum Gasteiger partial charge on any atom is 0.322 e. The molecular formula is C19H26N4O2. The van der Waals surface area contributed by atoms with E-state index in [1.807, 2.05) is 9.58 Å². The molecule has 1 aromatic heterocycles. The zero-order valence-corrected chi connectivity index (χ0v) is 15.0. The molecular weight excluding hydrogens is 316 g/mol. The van der Waals surface area contributed by atoms with Gasteiger partial charge in [0.1, 0.15) is 0 Å². The summed E-state index contributed by atoms with van der Waals surface area (Å²) < 4.78 is 7.34. The normalized spacial score (nSPS) is 15.0. The summed E-state index contributed by atoms with van der Waals surface area (Å²) in [4.78, 5) is 14.4. The Labute approximate surface area is 148 Å². The predicted octanol–water partition coefficient (Wildman–Crippen LogP) is 3.39. The van der Waals surface area contributed by atoms with Crippen LogP contribution in [-0.2, 0) is 11.2 Å². The van der Waals surface area contributed by atoms with E-state index in [9.17, 15) is 4.79 Å². The summed E-state index contributed by atoms with van der Waals surface area (Å²) in [6.45, 7) is 6.86. The van der Waals surface area contributed by atoms with E-state index in [1.165, 1.54) is 5.56 Å². The molecule has 1 fully saturated rings. The number of aromatic nitrogens is 2. The molecule has 0 aliphatic carbocycles. The average Bonchev–Trinajstić information content (AvgIpc) is 2.84. The van der Waals surface area contributed by atoms with Gasteiger partial charge in [0.25, 0.3) is 0 Å². The smallest absolute Gasteiger partial charge is 0.322 e. The molecule has 1 N–H and O–H groups in total. The third-order valence-corrected chi connectivity index (χ3v) is 4.39. The first kappa shape index (κ1) is 17.5. The molecule has 134 valence electrons. The Morgan fingerprint density at radius 1 is 1.24 bits per heavy atom. The quantitative estimate of drug-likeness (QED) is 0.926. The Morgan fingerprint density at radius 2 is 2.04 bits per heavy atom. The van der Waals surface area contributed by atoms with Crippen molar-refractivity contribution in [1.29, 1.82) is 0 Å². The number of hydrogen-bond acceptors (Lipinski definition) is 3. The van der Waals surface area contributed by atoms with Gasteiger partial charge in [0, 0.05) is 19.7 Å². The molecule has 3 rings (SSSR count). The van der Waals surface area contributed by atoms with Crippen molar-refractivity contribution in [3.8, 4) is 5.69 Å². The molecule has 1 aromatic carbocycles. The summed E-state index contributed by atoms with van der Waals surface area (Å²) in [6.07, 6.45) is 4.46. The van der Waals surface area contributed by atoms with Gasteiger partial charge in [0.15, 0.2) is 0 Å². The second-order valence-electron chi connectivity index (χ2n) is 6.39. The van der Waals surface area contributed by atoms with E-state index >= 15 is 0 Å². The molecule has 2 heterocycles. The summed E-state index contributed by atoms with van der Waals surface area (Å²) in [5.41, 5.74) is 4.05. The van der Waals surface area contributed by atoms with Gasteiger partial charge in [-0.1, -0.05) is 31.0 Å². The highest BCUT2D eigenvalue weighted by atomic mass is 16.5. The van der Waals surface area contributed by atoms with Crippen LogP contribution in [0.4, 0.5) is 10.5 Å². The van der Waals surface area contributed by atoms with Gasteiger partial charge in [-0.25, -0.2) is 9.48 Å². The van der Waals surface area contributed by atoms with Crippen LogP contribution in [0, 0.1) is 6.92 Å². The van der Waals surface area contributed by atoms with E-state index < -0.39 is 0 Å². The van der Waals surface area contributed by atoms with Crippen LogP contribution in [0.25, 0.3) is 5.69 Å². The molecule has 1 saturated heterocycles. The van der Waals surface area contributed by atoms with E-state index in [1.54, 1.807) is 6.20 Å². The second-order valence-corrected chi connectivity index (χ2v) is 6.39. The lowest BCUT2D eigenvalue weighted by Crippen LogP contribution is -2.36. The van der Waals surface area contributed by atoms with Crippen molar-refractivity contribution in [2.45, 2.75) is 33.1 Å². The van der Waals surface area contributed by atoms with Gasteiger partial charge in [-0.2, -0.15) is 5.10 Å². The molecule has 0 bridgehead atoms. The van der Waals surface area contributed by atoms with Gasteiger partial charge in [0.2, 0.25) is 0 Å². The average molecular weight is 342 g/mol. The largest absolute Gasteiger partial charge is 0.380 e. The molecule has 25 heavy (non-hydrogen) atoms. The van der Waals surface area contributed by atoms with Crippen molar-refractivity contribution in [2.75, 3.05) is 31.6 Å². The Hall–Kier alpha value is -2.34. The minimum atomic E-state index is -0.0775. The molecule has 0 atom stereocenters. The molecule has 1 aliphatic heterocycles. The minimum Gasteiger partial charge on any atom is -0.380 e. The first-order valence-electron chi connectivity index (χ1n) is 8.96. The van der Waals surface area contributed by atoms with Gasteiger partial charge >= 0.3 is 6.03 Å². The number of carbonyl (C=O) groups is 1. The number of anilines is 1. The van der Waals surface area contributed by atoms with E-state index in [-0.39, 0.29) is 6.03 Å². The summed E-state index contributed by atoms with van der Waals surface area (Å²) in [5.74, 6) is 0.